The molecule has 0 unspecified atom stereocenters. The van der Waals surface area contributed by atoms with Crippen LogP contribution in [0.25, 0.3) is 0 Å². The molecule has 2 rings (SSSR count). The second kappa shape index (κ2) is 7.54. The van der Waals surface area contributed by atoms with Crippen molar-refractivity contribution in [3.8, 4) is 0 Å². The molecule has 0 radical (unpaired) electrons. The molecule has 0 spiro atoms. The third-order valence-electron chi connectivity index (χ3n) is 4.21. The largest absolute Gasteiger partial charge is 0.384 e. The Morgan fingerprint density at radius 2 is 1.84 bits per heavy atom. The van der Waals surface area contributed by atoms with Crippen LogP contribution in [0.3, 0.4) is 0 Å². The van der Waals surface area contributed by atoms with Crippen LogP contribution in [-0.4, -0.2) is 31.1 Å². The summed E-state index contributed by atoms with van der Waals surface area (Å²) in [5.41, 5.74) is 2.56. The molecule has 1 saturated heterocycles. The average molecular weight is 260 g/mol. The fourth-order valence-electron chi connectivity index (χ4n) is 2.94. The molecule has 1 heterocycles. The second-order valence-electron chi connectivity index (χ2n) is 5.87. The average Bonchev–Trinajstić information content (AvgIpc) is 2.43. The van der Waals surface area contributed by atoms with E-state index in [0.717, 1.165) is 12.5 Å². The van der Waals surface area contributed by atoms with E-state index in [0.29, 0.717) is 0 Å². The van der Waals surface area contributed by atoms with E-state index in [1.165, 1.54) is 56.6 Å². The first kappa shape index (κ1) is 14.4. The minimum atomic E-state index is 0.992. The summed E-state index contributed by atoms with van der Waals surface area (Å²) in [5, 5.41) is 3.51. The van der Waals surface area contributed by atoms with E-state index in [-0.39, 0.29) is 0 Å². The van der Waals surface area contributed by atoms with Gasteiger partial charge in [-0.2, -0.15) is 0 Å². The van der Waals surface area contributed by atoms with Crippen LogP contribution in [0.5, 0.6) is 0 Å². The second-order valence-corrected chi connectivity index (χ2v) is 5.87. The Morgan fingerprint density at radius 1 is 1.16 bits per heavy atom. The number of aryl methyl sites for hydroxylation is 1. The molecule has 1 aromatic carbocycles. The molecule has 1 N–H and O–H groups in total. The highest BCUT2D eigenvalue weighted by atomic mass is 15.1. The summed E-state index contributed by atoms with van der Waals surface area (Å²) in [4.78, 5) is 2.60. The van der Waals surface area contributed by atoms with E-state index in [1.807, 2.05) is 0 Å². The molecule has 0 aromatic heterocycles. The van der Waals surface area contributed by atoms with Gasteiger partial charge < -0.3 is 10.2 Å². The summed E-state index contributed by atoms with van der Waals surface area (Å²) in [7, 11) is 0. The van der Waals surface area contributed by atoms with Gasteiger partial charge in [-0.25, -0.2) is 0 Å². The molecule has 0 bridgehead atoms. The lowest BCUT2D eigenvalue weighted by atomic mass is 9.92. The summed E-state index contributed by atoms with van der Waals surface area (Å²) < 4.78 is 0. The van der Waals surface area contributed by atoms with Crippen molar-refractivity contribution in [2.75, 3.05) is 31.5 Å². The normalized spacial score (nSPS) is 17.6. The van der Waals surface area contributed by atoms with E-state index >= 15 is 0 Å². The lowest BCUT2D eigenvalue weighted by Gasteiger charge is -2.31. The van der Waals surface area contributed by atoms with E-state index in [9.17, 15) is 0 Å². The van der Waals surface area contributed by atoms with Crippen LogP contribution in [0.15, 0.2) is 24.3 Å². The minimum absolute atomic E-state index is 0.992. The first-order valence-electron chi connectivity index (χ1n) is 7.81. The molecule has 0 amide bonds. The topological polar surface area (TPSA) is 15.3 Å². The van der Waals surface area contributed by atoms with Crippen LogP contribution >= 0.6 is 0 Å². The number of hydrogen-bond donors (Lipinski definition) is 1. The van der Waals surface area contributed by atoms with Gasteiger partial charge in [-0.1, -0.05) is 37.5 Å². The van der Waals surface area contributed by atoms with Crippen LogP contribution in [0.2, 0.25) is 0 Å². The molecule has 2 heteroatoms. The Bertz CT molecular complexity index is 350. The number of anilines is 1. The number of rotatable bonds is 6. The van der Waals surface area contributed by atoms with Gasteiger partial charge in [-0.05, 0) is 50.9 Å². The number of nitrogens with one attached hydrogen (secondary N) is 1. The van der Waals surface area contributed by atoms with Crippen molar-refractivity contribution in [1.82, 2.24) is 4.90 Å². The predicted octanol–water partition coefficient (Wildman–Crippen LogP) is 3.92. The summed E-state index contributed by atoms with van der Waals surface area (Å²) in [6, 6.07) is 8.67. The quantitative estimate of drug-likeness (QED) is 0.834. The molecule has 106 valence electrons. The Hall–Kier alpha value is -1.02. The van der Waals surface area contributed by atoms with E-state index in [1.54, 1.807) is 0 Å². The third kappa shape index (κ3) is 4.87. The zero-order valence-corrected chi connectivity index (χ0v) is 12.5. The standard InChI is InChI=1S/C17H28N2/c1-3-4-16-9-12-19(13-10-16)14-11-18-17-7-5-15(2)6-8-17/h5-8,16,18H,3-4,9-14H2,1-2H3. The van der Waals surface area contributed by atoms with Crippen molar-refractivity contribution in [3.05, 3.63) is 29.8 Å². The zero-order valence-electron chi connectivity index (χ0n) is 12.5. The van der Waals surface area contributed by atoms with E-state index in [4.69, 9.17) is 0 Å². The van der Waals surface area contributed by atoms with Crippen molar-refractivity contribution >= 4 is 5.69 Å². The Labute approximate surface area is 118 Å². The summed E-state index contributed by atoms with van der Waals surface area (Å²) in [6.45, 7) is 9.25. The molecular formula is C17H28N2. The predicted molar refractivity (Wildman–Crippen MR) is 83.7 cm³/mol. The van der Waals surface area contributed by atoms with Gasteiger partial charge in [-0.15, -0.1) is 0 Å². The van der Waals surface area contributed by atoms with E-state index in [2.05, 4.69) is 48.3 Å². The number of likely N-dealkylation sites (tertiary alicyclic amines) is 1. The minimum Gasteiger partial charge on any atom is -0.384 e. The molecule has 0 saturated carbocycles. The van der Waals surface area contributed by atoms with Crippen molar-refractivity contribution in [2.45, 2.75) is 39.5 Å². The molecular weight excluding hydrogens is 232 g/mol. The molecule has 1 aromatic rings. The maximum atomic E-state index is 3.51. The molecule has 1 aliphatic rings. The molecule has 2 nitrogen and oxygen atoms in total. The number of benzene rings is 1. The van der Waals surface area contributed by atoms with Crippen LogP contribution in [0, 0.1) is 12.8 Å². The van der Waals surface area contributed by atoms with Gasteiger partial charge in [0.05, 0.1) is 0 Å². The lowest BCUT2D eigenvalue weighted by molar-refractivity contribution is 0.184. The lowest BCUT2D eigenvalue weighted by Crippen LogP contribution is -2.36. The Morgan fingerprint density at radius 3 is 2.47 bits per heavy atom. The van der Waals surface area contributed by atoms with Crippen LogP contribution in [0.4, 0.5) is 5.69 Å². The van der Waals surface area contributed by atoms with Crippen molar-refractivity contribution in [2.24, 2.45) is 5.92 Å². The van der Waals surface area contributed by atoms with Crippen molar-refractivity contribution in [3.63, 3.8) is 0 Å². The molecule has 1 aliphatic heterocycles. The Kier molecular flexibility index (Phi) is 5.71. The first-order valence-corrected chi connectivity index (χ1v) is 7.81. The maximum Gasteiger partial charge on any atom is 0.0340 e. The van der Waals surface area contributed by atoms with Crippen LogP contribution in [0.1, 0.15) is 38.2 Å². The highest BCUT2D eigenvalue weighted by Crippen LogP contribution is 2.21. The van der Waals surface area contributed by atoms with E-state index < -0.39 is 0 Å². The van der Waals surface area contributed by atoms with Gasteiger partial charge in [0.15, 0.2) is 0 Å². The summed E-state index contributed by atoms with van der Waals surface area (Å²) in [6.07, 6.45) is 5.58. The Balaban J connectivity index is 1.63. The van der Waals surface area contributed by atoms with Gasteiger partial charge >= 0.3 is 0 Å². The van der Waals surface area contributed by atoms with Crippen molar-refractivity contribution < 1.29 is 0 Å². The molecule has 19 heavy (non-hydrogen) atoms. The molecule has 0 atom stereocenters. The fraction of sp³-hybridized carbons (Fsp3) is 0.647. The van der Waals surface area contributed by atoms with Crippen LogP contribution < -0.4 is 5.32 Å². The third-order valence-corrected chi connectivity index (χ3v) is 4.21. The number of nitrogens with zero attached hydrogens (tertiary/aromatic N) is 1. The summed E-state index contributed by atoms with van der Waals surface area (Å²) in [5.74, 6) is 0.992. The monoisotopic (exact) mass is 260 g/mol. The molecule has 0 aliphatic carbocycles. The van der Waals surface area contributed by atoms with Gasteiger partial charge in [0.25, 0.3) is 0 Å². The number of piperidine rings is 1. The smallest absolute Gasteiger partial charge is 0.0340 e. The highest BCUT2D eigenvalue weighted by Gasteiger charge is 2.17. The summed E-state index contributed by atoms with van der Waals surface area (Å²) >= 11 is 0. The van der Waals surface area contributed by atoms with Gasteiger partial charge in [0, 0.05) is 18.8 Å². The van der Waals surface area contributed by atoms with Gasteiger partial charge in [0.1, 0.15) is 0 Å². The highest BCUT2D eigenvalue weighted by molar-refractivity contribution is 5.44. The first-order chi connectivity index (χ1) is 9.28. The maximum absolute atomic E-state index is 3.51. The van der Waals surface area contributed by atoms with Crippen molar-refractivity contribution in [1.29, 1.82) is 0 Å². The van der Waals surface area contributed by atoms with Gasteiger partial charge in [0.2, 0.25) is 0 Å². The van der Waals surface area contributed by atoms with Crippen LogP contribution in [-0.2, 0) is 0 Å². The number of hydrogen-bond acceptors (Lipinski definition) is 2. The van der Waals surface area contributed by atoms with Gasteiger partial charge in [-0.3, -0.25) is 0 Å². The fourth-order valence-corrected chi connectivity index (χ4v) is 2.94. The SMILES string of the molecule is CCCC1CCN(CCNc2ccc(C)cc2)CC1. The molecule has 1 fully saturated rings. The zero-order chi connectivity index (χ0) is 13.5.